The van der Waals surface area contributed by atoms with E-state index >= 15 is 0 Å². The normalized spacial score (nSPS) is 13.7. The van der Waals surface area contributed by atoms with E-state index in [9.17, 15) is 14.9 Å². The summed E-state index contributed by atoms with van der Waals surface area (Å²) in [5.74, 6) is 1.41. The summed E-state index contributed by atoms with van der Waals surface area (Å²) in [5, 5.41) is 20.9. The van der Waals surface area contributed by atoms with Crippen LogP contribution in [0, 0.1) is 10.1 Å². The van der Waals surface area contributed by atoms with Crippen molar-refractivity contribution in [1.82, 2.24) is 15.4 Å². The van der Waals surface area contributed by atoms with Crippen molar-refractivity contribution in [2.75, 3.05) is 79.7 Å². The fourth-order valence-electron chi connectivity index (χ4n) is 4.41. The van der Waals surface area contributed by atoms with Gasteiger partial charge in [-0.3, -0.25) is 15.4 Å². The molecule has 0 unspecified atom stereocenters. The second-order valence-electron chi connectivity index (χ2n) is 10.2. The second-order valence-corrected chi connectivity index (χ2v) is 10.2. The molecule has 0 atom stereocenters. The Labute approximate surface area is 265 Å². The summed E-state index contributed by atoms with van der Waals surface area (Å²) in [6.07, 6.45) is 1.69. The van der Waals surface area contributed by atoms with E-state index in [1.807, 2.05) is 7.05 Å². The summed E-state index contributed by atoms with van der Waals surface area (Å²) in [5.41, 5.74) is 0.220. The molecule has 16 nitrogen and oxygen atoms in total. The zero-order chi connectivity index (χ0) is 32.7. The fraction of sp³-hybridized carbons (Fsp3) is 0.467. The third-order valence-corrected chi connectivity index (χ3v) is 6.84. The van der Waals surface area contributed by atoms with Crippen molar-refractivity contribution in [3.05, 3.63) is 52.6 Å². The Balaban J connectivity index is 1.61. The van der Waals surface area contributed by atoms with E-state index in [0.717, 1.165) is 25.9 Å². The highest BCUT2D eigenvalue weighted by atomic mass is 16.7. The molecular formula is C30H39N5O11. The van der Waals surface area contributed by atoms with Crippen LogP contribution in [0.3, 0.4) is 0 Å². The monoisotopic (exact) mass is 645 g/mol. The number of nitro groups is 1. The first-order chi connectivity index (χ1) is 22.4. The van der Waals surface area contributed by atoms with Crippen LogP contribution in [-0.2, 0) is 18.9 Å². The first-order valence-electron chi connectivity index (χ1n) is 14.6. The number of likely N-dealkylation sites (tertiary alicyclic amines) is 1. The van der Waals surface area contributed by atoms with E-state index in [2.05, 4.69) is 20.7 Å². The van der Waals surface area contributed by atoms with Gasteiger partial charge in [-0.25, -0.2) is 4.79 Å². The molecule has 1 saturated heterocycles. The van der Waals surface area contributed by atoms with Crippen LogP contribution in [0.4, 0.5) is 16.3 Å². The average Bonchev–Trinajstić information content (AvgIpc) is 3.49. The molecule has 1 aromatic heterocycles. The van der Waals surface area contributed by atoms with Crippen LogP contribution >= 0.6 is 0 Å². The lowest BCUT2D eigenvalue weighted by Crippen LogP contribution is -2.44. The maximum Gasteiger partial charge on any atom is 0.320 e. The van der Waals surface area contributed by atoms with Gasteiger partial charge < -0.3 is 47.9 Å². The predicted octanol–water partition coefficient (Wildman–Crippen LogP) is 4.26. The molecule has 0 spiro atoms. The molecule has 2 heterocycles. The van der Waals surface area contributed by atoms with Gasteiger partial charge in [-0.2, -0.15) is 0 Å². The topological polar surface area (TPSA) is 178 Å². The minimum absolute atomic E-state index is 0.0494. The summed E-state index contributed by atoms with van der Waals surface area (Å²) < 4.78 is 44.6. The number of aromatic nitrogens is 1. The summed E-state index contributed by atoms with van der Waals surface area (Å²) in [6.45, 7) is 2.90. The van der Waals surface area contributed by atoms with Gasteiger partial charge in [0, 0.05) is 50.6 Å². The molecule has 3 aromatic rings. The molecule has 2 amide bonds. The Morgan fingerprint density at radius 2 is 1.61 bits per heavy atom. The Hall–Kier alpha value is -4.48. The summed E-state index contributed by atoms with van der Waals surface area (Å²) >= 11 is 0. The lowest BCUT2D eigenvalue weighted by Gasteiger charge is -2.29. The number of urea groups is 1. The first-order valence-corrected chi connectivity index (χ1v) is 14.6. The number of hydrogen-bond acceptors (Lipinski definition) is 13. The van der Waals surface area contributed by atoms with Crippen molar-refractivity contribution in [3.63, 3.8) is 0 Å². The molecule has 0 radical (unpaired) electrons. The van der Waals surface area contributed by atoms with E-state index < -0.39 is 11.0 Å². The highest BCUT2D eigenvalue weighted by Gasteiger charge is 2.24. The number of non-ortho nitro benzene ring substituents is 1. The number of nitro benzene ring substituents is 1. The zero-order valence-electron chi connectivity index (χ0n) is 26.0. The van der Waals surface area contributed by atoms with E-state index in [-0.39, 0.29) is 60.7 Å². The third kappa shape index (κ3) is 10.6. The van der Waals surface area contributed by atoms with Gasteiger partial charge in [-0.05, 0) is 45.1 Å². The van der Waals surface area contributed by atoms with Crippen molar-refractivity contribution in [2.24, 2.45) is 0 Å². The van der Waals surface area contributed by atoms with Gasteiger partial charge in [0.25, 0.3) is 5.69 Å². The van der Waals surface area contributed by atoms with E-state index in [1.54, 1.807) is 26.4 Å². The molecule has 0 saturated carbocycles. The molecule has 0 aliphatic carbocycles. The minimum atomic E-state index is -0.505. The molecule has 4 rings (SSSR count). The molecule has 1 fully saturated rings. The smallest absolute Gasteiger partial charge is 0.320 e. The van der Waals surface area contributed by atoms with Crippen molar-refractivity contribution in [1.29, 1.82) is 0 Å². The number of piperidine rings is 1. The predicted molar refractivity (Wildman–Crippen MR) is 164 cm³/mol. The Morgan fingerprint density at radius 1 is 0.957 bits per heavy atom. The van der Waals surface area contributed by atoms with Crippen molar-refractivity contribution in [3.8, 4) is 34.3 Å². The average molecular weight is 646 g/mol. The number of carbonyl (C=O) groups is 1. The Morgan fingerprint density at radius 3 is 2.26 bits per heavy atom. The number of hydrogen-bond donors (Lipinski definition) is 2. The summed E-state index contributed by atoms with van der Waals surface area (Å²) in [4.78, 5) is 25.6. The third-order valence-electron chi connectivity index (χ3n) is 6.84. The van der Waals surface area contributed by atoms with Crippen LogP contribution in [0.1, 0.15) is 12.8 Å². The molecule has 1 aliphatic heterocycles. The second kappa shape index (κ2) is 17.9. The fourth-order valence-corrected chi connectivity index (χ4v) is 4.41. The lowest BCUT2D eigenvalue weighted by atomic mass is 10.1. The van der Waals surface area contributed by atoms with Crippen LogP contribution in [0.25, 0.3) is 11.3 Å². The molecule has 0 bridgehead atoms. The Kier molecular flexibility index (Phi) is 13.4. The maximum absolute atomic E-state index is 12.7. The number of carbonyl (C=O) groups excluding carboxylic acids is 1. The molecular weight excluding hydrogens is 606 g/mol. The van der Waals surface area contributed by atoms with Crippen molar-refractivity contribution >= 4 is 17.5 Å². The largest absolute Gasteiger partial charge is 0.467 e. The van der Waals surface area contributed by atoms with Gasteiger partial charge >= 0.3 is 6.03 Å². The first kappa shape index (κ1) is 34.4. The minimum Gasteiger partial charge on any atom is -0.467 e. The van der Waals surface area contributed by atoms with E-state index in [1.165, 1.54) is 30.3 Å². The number of benzene rings is 2. The molecule has 2 N–H and O–H groups in total. The molecule has 250 valence electrons. The van der Waals surface area contributed by atoms with Gasteiger partial charge in [-0.1, -0.05) is 5.16 Å². The summed E-state index contributed by atoms with van der Waals surface area (Å²) in [6, 6.07) is 9.90. The van der Waals surface area contributed by atoms with Gasteiger partial charge in [-0.15, -0.1) is 0 Å². The summed E-state index contributed by atoms with van der Waals surface area (Å²) in [7, 11) is 5.17. The maximum atomic E-state index is 12.7. The van der Waals surface area contributed by atoms with Gasteiger partial charge in [0.2, 0.25) is 0 Å². The SMILES string of the molecule is COCCOCOc1cc(OCOCCOC)c(-c2cc(NC(=O)NC3CCN(C)CC3)no2)c(Oc2ccc([N+](=O)[O-])cc2)c1. The number of anilines is 1. The van der Waals surface area contributed by atoms with Crippen LogP contribution in [-0.4, -0.2) is 101 Å². The highest BCUT2D eigenvalue weighted by molar-refractivity contribution is 5.89. The van der Waals surface area contributed by atoms with Crippen molar-refractivity contribution in [2.45, 2.75) is 18.9 Å². The van der Waals surface area contributed by atoms with Crippen LogP contribution in [0.15, 0.2) is 47.0 Å². The van der Waals surface area contributed by atoms with Crippen LogP contribution < -0.4 is 24.8 Å². The molecule has 2 aromatic carbocycles. The number of ether oxygens (including phenoxy) is 7. The quantitative estimate of drug-likeness (QED) is 0.0869. The van der Waals surface area contributed by atoms with E-state index in [4.69, 9.17) is 37.7 Å². The number of nitrogens with zero attached hydrogens (tertiary/aromatic N) is 3. The van der Waals surface area contributed by atoms with Crippen LogP contribution in [0.2, 0.25) is 0 Å². The van der Waals surface area contributed by atoms with Gasteiger partial charge in [0.15, 0.2) is 25.2 Å². The van der Waals surface area contributed by atoms with E-state index in [0.29, 0.717) is 31.1 Å². The molecule has 46 heavy (non-hydrogen) atoms. The van der Waals surface area contributed by atoms with Gasteiger partial charge in [0.05, 0.1) is 31.4 Å². The van der Waals surface area contributed by atoms with Gasteiger partial charge in [0.1, 0.15) is 28.6 Å². The number of nitrogens with one attached hydrogen (secondary N) is 2. The van der Waals surface area contributed by atoms with Crippen LogP contribution in [0.5, 0.6) is 23.0 Å². The number of amides is 2. The Bertz CT molecular complexity index is 1390. The lowest BCUT2D eigenvalue weighted by molar-refractivity contribution is -0.384. The molecule has 16 heteroatoms. The molecule has 1 aliphatic rings. The highest BCUT2D eigenvalue weighted by Crippen LogP contribution is 2.44. The number of rotatable bonds is 18. The standard InChI is InChI=1S/C30H39N5O11/c1-34-10-8-21(9-11-34)31-30(36)32-28-18-27(46-33-28)29-25(44-20-42-15-13-40-3)16-24(43-19-41-14-12-39-2)17-26(29)45-23-6-4-22(5-7-23)35(37)38/h4-7,16-18,21H,8-15,19-20H2,1-3H3,(H2,31,32,33,36). The zero-order valence-corrected chi connectivity index (χ0v) is 26.0. The number of methoxy groups -OCH3 is 2. The van der Waals surface area contributed by atoms with Crippen molar-refractivity contribution < 1.29 is 47.4 Å².